The first-order chi connectivity index (χ1) is 5.77. The highest BCUT2D eigenvalue weighted by atomic mass is 79.9. The normalized spacial score (nSPS) is 21.3. The van der Waals surface area contributed by atoms with Crippen molar-refractivity contribution in [2.75, 3.05) is 6.61 Å². The van der Waals surface area contributed by atoms with Gasteiger partial charge in [-0.25, -0.2) is 0 Å². The molecule has 0 bridgehead atoms. The van der Waals surface area contributed by atoms with Crippen LogP contribution in [0.2, 0.25) is 0 Å². The van der Waals surface area contributed by atoms with E-state index in [1.54, 1.807) is 0 Å². The van der Waals surface area contributed by atoms with Crippen molar-refractivity contribution < 1.29 is 4.74 Å². The van der Waals surface area contributed by atoms with Gasteiger partial charge in [0.25, 0.3) is 0 Å². The summed E-state index contributed by atoms with van der Waals surface area (Å²) in [6.45, 7) is 0.621. The largest absolute Gasteiger partial charge is 0.490 e. The van der Waals surface area contributed by atoms with Gasteiger partial charge >= 0.3 is 0 Å². The third-order valence-electron chi connectivity index (χ3n) is 1.97. The quantitative estimate of drug-likeness (QED) is 0.733. The maximum atomic E-state index is 5.76. The minimum absolute atomic E-state index is 0.145. The Balaban J connectivity index is 2.42. The molecule has 2 nitrogen and oxygen atoms in total. The zero-order valence-corrected chi connectivity index (χ0v) is 8.17. The van der Waals surface area contributed by atoms with Gasteiger partial charge in [-0.1, -0.05) is 12.1 Å². The van der Waals surface area contributed by atoms with E-state index in [1.165, 1.54) is 5.56 Å². The molecule has 0 spiro atoms. The van der Waals surface area contributed by atoms with Crippen molar-refractivity contribution in [3.63, 3.8) is 0 Å². The number of nitrogens with two attached hydrogens (primary N) is 1. The number of benzene rings is 1. The van der Waals surface area contributed by atoms with E-state index in [-0.39, 0.29) is 6.04 Å². The standard InChI is InChI=1S/C9H10BrNO/c10-8-3-1-2-6-4-7(11)5-12-9(6)8/h1-3,7H,4-5,11H2. The molecule has 3 heteroatoms. The predicted molar refractivity (Wildman–Crippen MR) is 51.3 cm³/mol. The Kier molecular flexibility index (Phi) is 2.07. The van der Waals surface area contributed by atoms with Crippen LogP contribution >= 0.6 is 15.9 Å². The topological polar surface area (TPSA) is 35.2 Å². The van der Waals surface area contributed by atoms with Crippen LogP contribution in [0.15, 0.2) is 22.7 Å². The van der Waals surface area contributed by atoms with Crippen molar-refractivity contribution in [3.8, 4) is 5.75 Å². The summed E-state index contributed by atoms with van der Waals surface area (Å²) >= 11 is 3.44. The van der Waals surface area contributed by atoms with Crippen LogP contribution in [0.1, 0.15) is 5.56 Å². The molecule has 1 aliphatic rings. The van der Waals surface area contributed by atoms with E-state index in [0.717, 1.165) is 16.6 Å². The maximum Gasteiger partial charge on any atom is 0.136 e. The number of rotatable bonds is 0. The molecule has 64 valence electrons. The van der Waals surface area contributed by atoms with Crippen LogP contribution in [0.3, 0.4) is 0 Å². The molecule has 2 rings (SSSR count). The summed E-state index contributed by atoms with van der Waals surface area (Å²) in [5.74, 6) is 0.958. The van der Waals surface area contributed by atoms with E-state index in [4.69, 9.17) is 10.5 Å². The van der Waals surface area contributed by atoms with Crippen molar-refractivity contribution in [1.82, 2.24) is 0 Å². The fourth-order valence-electron chi connectivity index (χ4n) is 1.41. The maximum absolute atomic E-state index is 5.76. The molecule has 1 unspecified atom stereocenters. The van der Waals surface area contributed by atoms with Crippen molar-refractivity contribution in [2.24, 2.45) is 5.73 Å². The SMILES string of the molecule is NC1COc2c(Br)cccc2C1. The average Bonchev–Trinajstić information content (AvgIpc) is 2.04. The smallest absolute Gasteiger partial charge is 0.136 e. The highest BCUT2D eigenvalue weighted by molar-refractivity contribution is 9.10. The Morgan fingerprint density at radius 1 is 1.50 bits per heavy atom. The number of fused-ring (bicyclic) bond motifs is 1. The van der Waals surface area contributed by atoms with Gasteiger partial charge in [0.1, 0.15) is 12.4 Å². The van der Waals surface area contributed by atoms with Gasteiger partial charge in [-0.3, -0.25) is 0 Å². The van der Waals surface area contributed by atoms with Gasteiger partial charge in [0.2, 0.25) is 0 Å². The van der Waals surface area contributed by atoms with Gasteiger partial charge in [0.05, 0.1) is 4.47 Å². The molecular formula is C9H10BrNO. The first-order valence-corrected chi connectivity index (χ1v) is 4.72. The van der Waals surface area contributed by atoms with Crippen LogP contribution < -0.4 is 10.5 Å². The Labute approximate surface area is 79.8 Å². The third kappa shape index (κ3) is 1.34. The van der Waals surface area contributed by atoms with Crippen LogP contribution in [-0.2, 0) is 6.42 Å². The van der Waals surface area contributed by atoms with Gasteiger partial charge in [0.15, 0.2) is 0 Å². The van der Waals surface area contributed by atoms with E-state index in [0.29, 0.717) is 6.61 Å². The minimum Gasteiger partial charge on any atom is -0.490 e. The van der Waals surface area contributed by atoms with Gasteiger partial charge in [0, 0.05) is 6.04 Å². The molecule has 2 N–H and O–H groups in total. The summed E-state index contributed by atoms with van der Waals surface area (Å²) in [7, 11) is 0. The first kappa shape index (κ1) is 8.08. The van der Waals surface area contributed by atoms with Crippen molar-refractivity contribution >= 4 is 15.9 Å². The average molecular weight is 228 g/mol. The van der Waals surface area contributed by atoms with E-state index >= 15 is 0 Å². The second kappa shape index (κ2) is 3.07. The lowest BCUT2D eigenvalue weighted by Crippen LogP contribution is -2.33. The lowest BCUT2D eigenvalue weighted by molar-refractivity contribution is 0.262. The van der Waals surface area contributed by atoms with E-state index < -0.39 is 0 Å². The fourth-order valence-corrected chi connectivity index (χ4v) is 1.93. The Bertz CT molecular complexity index is 301. The molecule has 0 fully saturated rings. The molecule has 0 aliphatic carbocycles. The minimum atomic E-state index is 0.145. The summed E-state index contributed by atoms with van der Waals surface area (Å²) in [6, 6.07) is 6.19. The fraction of sp³-hybridized carbons (Fsp3) is 0.333. The van der Waals surface area contributed by atoms with Gasteiger partial charge < -0.3 is 10.5 Å². The molecule has 0 saturated heterocycles. The molecule has 12 heavy (non-hydrogen) atoms. The Hall–Kier alpha value is -0.540. The molecule has 1 aromatic carbocycles. The second-order valence-electron chi connectivity index (χ2n) is 3.00. The summed E-state index contributed by atoms with van der Waals surface area (Å²) in [5.41, 5.74) is 6.96. The van der Waals surface area contributed by atoms with E-state index in [9.17, 15) is 0 Å². The summed E-state index contributed by atoms with van der Waals surface area (Å²) < 4.78 is 6.51. The van der Waals surface area contributed by atoms with Gasteiger partial charge in [-0.05, 0) is 34.0 Å². The number of halogens is 1. The molecule has 0 amide bonds. The van der Waals surface area contributed by atoms with Crippen molar-refractivity contribution in [3.05, 3.63) is 28.2 Å². The van der Waals surface area contributed by atoms with Crippen LogP contribution in [0.4, 0.5) is 0 Å². The molecular weight excluding hydrogens is 218 g/mol. The Morgan fingerprint density at radius 3 is 3.17 bits per heavy atom. The molecule has 0 aromatic heterocycles. The lowest BCUT2D eigenvalue weighted by Gasteiger charge is -2.22. The molecule has 1 heterocycles. The van der Waals surface area contributed by atoms with Crippen LogP contribution in [-0.4, -0.2) is 12.6 Å². The number of ether oxygens (including phenoxy) is 1. The van der Waals surface area contributed by atoms with Gasteiger partial charge in [-0.15, -0.1) is 0 Å². The Morgan fingerprint density at radius 2 is 2.33 bits per heavy atom. The number of para-hydroxylation sites is 1. The molecule has 1 atom stereocenters. The zero-order chi connectivity index (χ0) is 8.55. The van der Waals surface area contributed by atoms with E-state index in [1.807, 2.05) is 12.1 Å². The highest BCUT2D eigenvalue weighted by Crippen LogP contribution is 2.32. The first-order valence-electron chi connectivity index (χ1n) is 3.93. The zero-order valence-electron chi connectivity index (χ0n) is 6.59. The molecule has 0 radical (unpaired) electrons. The summed E-state index contributed by atoms with van der Waals surface area (Å²) in [5, 5.41) is 0. The number of hydrogen-bond acceptors (Lipinski definition) is 2. The van der Waals surface area contributed by atoms with E-state index in [2.05, 4.69) is 22.0 Å². The molecule has 0 saturated carbocycles. The van der Waals surface area contributed by atoms with Crippen LogP contribution in [0.25, 0.3) is 0 Å². The predicted octanol–water partition coefficient (Wildman–Crippen LogP) is 1.71. The third-order valence-corrected chi connectivity index (χ3v) is 2.60. The van der Waals surface area contributed by atoms with Crippen molar-refractivity contribution in [2.45, 2.75) is 12.5 Å². The molecule has 1 aromatic rings. The highest BCUT2D eigenvalue weighted by Gasteiger charge is 2.17. The van der Waals surface area contributed by atoms with Crippen LogP contribution in [0, 0.1) is 0 Å². The number of hydrogen-bond donors (Lipinski definition) is 1. The summed E-state index contributed by atoms with van der Waals surface area (Å²) in [6.07, 6.45) is 0.911. The van der Waals surface area contributed by atoms with Gasteiger partial charge in [-0.2, -0.15) is 0 Å². The molecule has 1 aliphatic heterocycles. The monoisotopic (exact) mass is 227 g/mol. The lowest BCUT2D eigenvalue weighted by atomic mass is 10.0. The second-order valence-corrected chi connectivity index (χ2v) is 3.86. The van der Waals surface area contributed by atoms with Crippen LogP contribution in [0.5, 0.6) is 5.75 Å². The summed E-state index contributed by atoms with van der Waals surface area (Å²) in [4.78, 5) is 0. The van der Waals surface area contributed by atoms with Crippen molar-refractivity contribution in [1.29, 1.82) is 0 Å².